The first-order chi connectivity index (χ1) is 8.50. The van der Waals surface area contributed by atoms with Crippen molar-refractivity contribution in [3.05, 3.63) is 0 Å². The van der Waals surface area contributed by atoms with Crippen LogP contribution < -0.4 is 0 Å². The maximum Gasteiger partial charge on any atom is 0.305 e. The largest absolute Gasteiger partial charge is 0.481 e. The fraction of sp³-hybridized carbons (Fsp3) is 0.846. The molecule has 0 aliphatic heterocycles. The molecule has 0 radical (unpaired) electrons. The number of carbonyl (C=O) groups excluding carboxylic acids is 1. The second kappa shape index (κ2) is 7.36. The lowest BCUT2D eigenvalue weighted by molar-refractivity contribution is -0.141. The number of aliphatic hydroxyl groups is 1. The van der Waals surface area contributed by atoms with E-state index in [-0.39, 0.29) is 31.3 Å². The van der Waals surface area contributed by atoms with Gasteiger partial charge >= 0.3 is 5.97 Å². The Balaban J connectivity index is 2.55. The van der Waals surface area contributed by atoms with Crippen LogP contribution in [0.15, 0.2) is 0 Å². The number of nitrogens with zero attached hydrogens (tertiary/aromatic N) is 1. The summed E-state index contributed by atoms with van der Waals surface area (Å²) in [4.78, 5) is 24.4. The highest BCUT2D eigenvalue weighted by Gasteiger charge is 2.26. The van der Waals surface area contributed by atoms with Gasteiger partial charge < -0.3 is 15.1 Å². The van der Waals surface area contributed by atoms with E-state index in [2.05, 4.69) is 0 Å². The molecule has 2 N–H and O–H groups in total. The zero-order valence-electron chi connectivity index (χ0n) is 11.0. The molecule has 5 nitrogen and oxygen atoms in total. The maximum absolute atomic E-state index is 12.3. The topological polar surface area (TPSA) is 77.8 Å². The molecule has 0 saturated heterocycles. The lowest BCUT2D eigenvalue weighted by Gasteiger charge is -2.29. The summed E-state index contributed by atoms with van der Waals surface area (Å²) in [5.41, 5.74) is 0. The number of carboxylic acid groups (broad SMARTS) is 1. The van der Waals surface area contributed by atoms with Gasteiger partial charge in [-0.25, -0.2) is 0 Å². The number of amides is 1. The average Bonchev–Trinajstić information content (AvgIpc) is 2.34. The molecule has 18 heavy (non-hydrogen) atoms. The molecular formula is C13H23NO4. The molecule has 0 bridgehead atoms. The standard InChI is InChI=1S/C13H23NO4/c1-10(15)9-14(8-7-12(16)17)13(18)11-5-3-2-4-6-11/h10-11,15H,2-9H2,1H3,(H,16,17). The van der Waals surface area contributed by atoms with Crippen molar-refractivity contribution in [2.24, 2.45) is 5.92 Å². The van der Waals surface area contributed by atoms with Crippen LogP contribution in [-0.4, -0.2) is 46.2 Å². The summed E-state index contributed by atoms with van der Waals surface area (Å²) in [7, 11) is 0. The molecule has 1 rings (SSSR count). The monoisotopic (exact) mass is 257 g/mol. The van der Waals surface area contributed by atoms with Crippen LogP contribution in [0.4, 0.5) is 0 Å². The average molecular weight is 257 g/mol. The van der Waals surface area contributed by atoms with Crippen molar-refractivity contribution in [1.29, 1.82) is 0 Å². The van der Waals surface area contributed by atoms with Gasteiger partial charge in [-0.15, -0.1) is 0 Å². The lowest BCUT2D eigenvalue weighted by atomic mass is 9.88. The maximum atomic E-state index is 12.3. The minimum Gasteiger partial charge on any atom is -0.481 e. The molecule has 0 aromatic rings. The van der Waals surface area contributed by atoms with Crippen LogP contribution in [-0.2, 0) is 9.59 Å². The summed E-state index contributed by atoms with van der Waals surface area (Å²) in [6, 6.07) is 0. The van der Waals surface area contributed by atoms with Crippen molar-refractivity contribution >= 4 is 11.9 Å². The minimum absolute atomic E-state index is 0.0110. The Hall–Kier alpha value is -1.10. The lowest BCUT2D eigenvalue weighted by Crippen LogP contribution is -2.42. The zero-order valence-corrected chi connectivity index (χ0v) is 11.0. The predicted molar refractivity (Wildman–Crippen MR) is 67.1 cm³/mol. The number of hydrogen-bond donors (Lipinski definition) is 2. The van der Waals surface area contributed by atoms with Crippen molar-refractivity contribution in [2.45, 2.75) is 51.6 Å². The van der Waals surface area contributed by atoms with E-state index in [0.29, 0.717) is 0 Å². The molecule has 1 aliphatic rings. The Morgan fingerprint density at radius 2 is 1.89 bits per heavy atom. The molecule has 0 spiro atoms. The number of aliphatic hydroxyl groups excluding tert-OH is 1. The van der Waals surface area contributed by atoms with Gasteiger partial charge in [-0.2, -0.15) is 0 Å². The third kappa shape index (κ3) is 5.04. The van der Waals surface area contributed by atoms with Gasteiger partial charge in [0.25, 0.3) is 0 Å². The van der Waals surface area contributed by atoms with E-state index in [4.69, 9.17) is 5.11 Å². The summed E-state index contributed by atoms with van der Waals surface area (Å²) < 4.78 is 0. The Labute approximate surface area is 108 Å². The Kier molecular flexibility index (Phi) is 6.12. The van der Waals surface area contributed by atoms with Gasteiger partial charge in [0.1, 0.15) is 0 Å². The summed E-state index contributed by atoms with van der Waals surface area (Å²) >= 11 is 0. The summed E-state index contributed by atoms with van der Waals surface area (Å²) in [5.74, 6) is -0.884. The number of hydrogen-bond acceptors (Lipinski definition) is 3. The number of carboxylic acids is 1. The van der Waals surface area contributed by atoms with Crippen LogP contribution in [0.25, 0.3) is 0 Å². The fourth-order valence-corrected chi connectivity index (χ4v) is 2.45. The Bertz CT molecular complexity index is 285. The molecule has 5 heteroatoms. The summed E-state index contributed by atoms with van der Waals surface area (Å²) in [5, 5.41) is 18.1. The number of carbonyl (C=O) groups is 2. The van der Waals surface area contributed by atoms with E-state index in [1.807, 2.05) is 0 Å². The van der Waals surface area contributed by atoms with Gasteiger partial charge in [0.2, 0.25) is 5.91 Å². The molecular weight excluding hydrogens is 234 g/mol. The summed E-state index contributed by atoms with van der Waals surface area (Å²) in [6.07, 6.45) is 4.41. The molecule has 1 aliphatic carbocycles. The fourth-order valence-electron chi connectivity index (χ4n) is 2.45. The number of rotatable bonds is 6. The normalized spacial score (nSPS) is 18.3. The van der Waals surface area contributed by atoms with E-state index in [0.717, 1.165) is 25.7 Å². The van der Waals surface area contributed by atoms with Crippen LogP contribution in [0.3, 0.4) is 0 Å². The van der Waals surface area contributed by atoms with Crippen molar-refractivity contribution in [3.63, 3.8) is 0 Å². The molecule has 1 unspecified atom stereocenters. The van der Waals surface area contributed by atoms with Crippen LogP contribution >= 0.6 is 0 Å². The zero-order chi connectivity index (χ0) is 13.5. The molecule has 1 amide bonds. The second-order valence-corrected chi connectivity index (χ2v) is 5.11. The van der Waals surface area contributed by atoms with Crippen molar-refractivity contribution in [1.82, 2.24) is 4.90 Å². The predicted octanol–water partition coefficient (Wildman–Crippen LogP) is 1.25. The SMILES string of the molecule is CC(O)CN(CCC(=O)O)C(=O)C1CCCCC1. The Morgan fingerprint density at radius 1 is 1.28 bits per heavy atom. The highest BCUT2D eigenvalue weighted by Crippen LogP contribution is 2.25. The molecule has 1 atom stereocenters. The molecule has 0 aromatic carbocycles. The van der Waals surface area contributed by atoms with Crippen LogP contribution in [0.5, 0.6) is 0 Å². The summed E-state index contributed by atoms with van der Waals surface area (Å²) in [6.45, 7) is 2.03. The van der Waals surface area contributed by atoms with Crippen LogP contribution in [0.1, 0.15) is 45.4 Å². The van der Waals surface area contributed by atoms with E-state index in [1.165, 1.54) is 11.3 Å². The van der Waals surface area contributed by atoms with E-state index >= 15 is 0 Å². The van der Waals surface area contributed by atoms with Gasteiger partial charge in [0.15, 0.2) is 0 Å². The van der Waals surface area contributed by atoms with E-state index in [1.54, 1.807) is 6.92 Å². The van der Waals surface area contributed by atoms with Crippen molar-refractivity contribution in [3.8, 4) is 0 Å². The molecule has 0 heterocycles. The molecule has 0 aromatic heterocycles. The van der Waals surface area contributed by atoms with Crippen LogP contribution in [0, 0.1) is 5.92 Å². The first-order valence-electron chi connectivity index (χ1n) is 6.69. The van der Waals surface area contributed by atoms with Gasteiger partial charge in [-0.05, 0) is 19.8 Å². The Morgan fingerprint density at radius 3 is 2.39 bits per heavy atom. The van der Waals surface area contributed by atoms with Gasteiger partial charge in [-0.3, -0.25) is 9.59 Å². The van der Waals surface area contributed by atoms with Gasteiger partial charge in [0, 0.05) is 19.0 Å². The molecule has 104 valence electrons. The number of aliphatic carboxylic acids is 1. The quantitative estimate of drug-likeness (QED) is 0.750. The van der Waals surface area contributed by atoms with Gasteiger partial charge in [0.05, 0.1) is 12.5 Å². The van der Waals surface area contributed by atoms with E-state index < -0.39 is 12.1 Å². The first-order valence-corrected chi connectivity index (χ1v) is 6.69. The third-order valence-electron chi connectivity index (χ3n) is 3.35. The third-order valence-corrected chi connectivity index (χ3v) is 3.35. The van der Waals surface area contributed by atoms with E-state index in [9.17, 15) is 14.7 Å². The van der Waals surface area contributed by atoms with Crippen molar-refractivity contribution in [2.75, 3.05) is 13.1 Å². The highest BCUT2D eigenvalue weighted by molar-refractivity contribution is 5.79. The molecule has 1 saturated carbocycles. The second-order valence-electron chi connectivity index (χ2n) is 5.11. The van der Waals surface area contributed by atoms with Crippen molar-refractivity contribution < 1.29 is 19.8 Å². The molecule has 1 fully saturated rings. The highest BCUT2D eigenvalue weighted by atomic mass is 16.4. The van der Waals surface area contributed by atoms with Gasteiger partial charge in [-0.1, -0.05) is 19.3 Å². The minimum atomic E-state index is -0.915. The first kappa shape index (κ1) is 15.0. The van der Waals surface area contributed by atoms with Crippen LogP contribution in [0.2, 0.25) is 0 Å². The smallest absolute Gasteiger partial charge is 0.305 e.